The molecule has 5 rings (SSSR count). The van der Waals surface area contributed by atoms with E-state index in [0.717, 1.165) is 27.0 Å². The maximum atomic E-state index is 12.9. The Kier molecular flexibility index (Phi) is 4.77. The molecule has 4 nitrogen and oxygen atoms in total. The van der Waals surface area contributed by atoms with Crippen LogP contribution in [-0.2, 0) is 0 Å². The molecule has 0 radical (unpaired) electrons. The van der Waals surface area contributed by atoms with Crippen LogP contribution in [0.5, 0.6) is 5.75 Å². The van der Waals surface area contributed by atoms with E-state index in [-0.39, 0.29) is 11.5 Å². The Morgan fingerprint density at radius 2 is 1.77 bits per heavy atom. The third-order valence-electron chi connectivity index (χ3n) is 4.80. The van der Waals surface area contributed by atoms with Crippen LogP contribution in [-0.4, -0.2) is 15.6 Å². The van der Waals surface area contributed by atoms with Crippen molar-refractivity contribution >= 4 is 39.4 Å². The number of Topliss-reactive ketones (excluding diaryl/α,β-unsaturated/α-hetero) is 1. The standard InChI is InChI=1S/C24H14BrClN2O2/c25-17-8-11-21-20(13-17)24(29)22(30-21)12-16-14-28(19-4-2-1-3-5-19)27-23(16)15-6-9-18(26)10-7-15/h1-14H/b22-12-. The fourth-order valence-electron chi connectivity index (χ4n) is 3.34. The lowest BCUT2D eigenvalue weighted by Gasteiger charge is -2.01. The Bertz CT molecular complexity index is 1290. The lowest BCUT2D eigenvalue weighted by atomic mass is 10.1. The van der Waals surface area contributed by atoms with Crippen LogP contribution in [0.25, 0.3) is 23.0 Å². The highest BCUT2D eigenvalue weighted by molar-refractivity contribution is 9.10. The Morgan fingerprint density at radius 3 is 2.53 bits per heavy atom. The number of allylic oxidation sites excluding steroid dienone is 1. The van der Waals surface area contributed by atoms with E-state index in [4.69, 9.17) is 21.4 Å². The number of para-hydroxylation sites is 1. The van der Waals surface area contributed by atoms with Gasteiger partial charge in [-0.2, -0.15) is 5.10 Å². The summed E-state index contributed by atoms with van der Waals surface area (Å²) in [6.07, 6.45) is 3.63. The topological polar surface area (TPSA) is 44.1 Å². The average Bonchev–Trinajstić information content (AvgIpc) is 3.31. The van der Waals surface area contributed by atoms with E-state index in [2.05, 4.69) is 15.9 Å². The number of rotatable bonds is 3. The summed E-state index contributed by atoms with van der Waals surface area (Å²) in [7, 11) is 0. The molecule has 1 aliphatic heterocycles. The molecule has 0 unspecified atom stereocenters. The van der Waals surface area contributed by atoms with Crippen molar-refractivity contribution in [3.05, 3.63) is 105 Å². The first-order valence-electron chi connectivity index (χ1n) is 9.23. The van der Waals surface area contributed by atoms with E-state index < -0.39 is 0 Å². The van der Waals surface area contributed by atoms with Crippen LogP contribution < -0.4 is 4.74 Å². The van der Waals surface area contributed by atoms with Crippen LogP contribution in [0.4, 0.5) is 0 Å². The SMILES string of the molecule is O=C1/C(=C/c2cn(-c3ccccc3)nc2-c2ccc(Cl)cc2)Oc2ccc(Br)cc21. The molecule has 0 atom stereocenters. The van der Waals surface area contributed by atoms with Crippen molar-refractivity contribution in [2.75, 3.05) is 0 Å². The first-order valence-corrected chi connectivity index (χ1v) is 10.4. The summed E-state index contributed by atoms with van der Waals surface area (Å²) in [4.78, 5) is 12.9. The van der Waals surface area contributed by atoms with Crippen molar-refractivity contribution < 1.29 is 9.53 Å². The van der Waals surface area contributed by atoms with Crippen LogP contribution >= 0.6 is 27.5 Å². The molecule has 0 aliphatic carbocycles. The molecule has 0 spiro atoms. The quantitative estimate of drug-likeness (QED) is 0.313. The van der Waals surface area contributed by atoms with Gasteiger partial charge in [-0.15, -0.1) is 0 Å². The third-order valence-corrected chi connectivity index (χ3v) is 5.54. The molecule has 0 saturated heterocycles. The Balaban J connectivity index is 1.62. The molecule has 3 aromatic carbocycles. The van der Waals surface area contributed by atoms with Gasteiger partial charge in [0.25, 0.3) is 0 Å². The van der Waals surface area contributed by atoms with E-state index in [9.17, 15) is 4.79 Å². The molecule has 0 amide bonds. The summed E-state index contributed by atoms with van der Waals surface area (Å²) < 4.78 is 8.46. The predicted octanol–water partition coefficient (Wildman–Crippen LogP) is 6.57. The average molecular weight is 478 g/mol. The van der Waals surface area contributed by atoms with E-state index in [1.54, 1.807) is 22.9 Å². The van der Waals surface area contributed by atoms with Gasteiger partial charge in [0.2, 0.25) is 5.78 Å². The predicted molar refractivity (Wildman–Crippen MR) is 121 cm³/mol. The highest BCUT2D eigenvalue weighted by Crippen LogP contribution is 2.35. The second kappa shape index (κ2) is 7.59. The molecule has 30 heavy (non-hydrogen) atoms. The largest absolute Gasteiger partial charge is 0.452 e. The van der Waals surface area contributed by atoms with Crippen molar-refractivity contribution in [1.82, 2.24) is 9.78 Å². The Morgan fingerprint density at radius 1 is 1.00 bits per heavy atom. The number of ether oxygens (including phenoxy) is 1. The molecule has 1 aliphatic rings. The summed E-state index contributed by atoms with van der Waals surface area (Å²) >= 11 is 9.46. The van der Waals surface area contributed by atoms with Gasteiger partial charge < -0.3 is 4.74 Å². The highest BCUT2D eigenvalue weighted by Gasteiger charge is 2.28. The van der Waals surface area contributed by atoms with Gasteiger partial charge in [-0.25, -0.2) is 4.68 Å². The summed E-state index contributed by atoms with van der Waals surface area (Å²) in [5.74, 6) is 0.671. The first-order chi connectivity index (χ1) is 14.6. The maximum absolute atomic E-state index is 12.9. The minimum absolute atomic E-state index is 0.152. The Hall–Kier alpha value is -3.15. The minimum Gasteiger partial charge on any atom is -0.452 e. The fourth-order valence-corrected chi connectivity index (χ4v) is 3.83. The van der Waals surface area contributed by atoms with Crippen LogP contribution in [0.3, 0.4) is 0 Å². The second-order valence-corrected chi connectivity index (χ2v) is 8.15. The third kappa shape index (κ3) is 3.47. The molecule has 1 aromatic heterocycles. The minimum atomic E-state index is -0.152. The number of fused-ring (bicyclic) bond motifs is 1. The number of aromatic nitrogens is 2. The van der Waals surface area contributed by atoms with Crippen molar-refractivity contribution in [2.24, 2.45) is 0 Å². The normalized spacial score (nSPS) is 14.1. The van der Waals surface area contributed by atoms with Gasteiger partial charge in [0.15, 0.2) is 5.76 Å². The molecule has 0 bridgehead atoms. The van der Waals surface area contributed by atoms with Gasteiger partial charge in [0.05, 0.1) is 11.3 Å². The first kappa shape index (κ1) is 18.9. The summed E-state index contributed by atoms with van der Waals surface area (Å²) in [5.41, 5.74) is 3.86. The molecule has 146 valence electrons. The van der Waals surface area contributed by atoms with Gasteiger partial charge >= 0.3 is 0 Å². The molecule has 0 fully saturated rings. The monoisotopic (exact) mass is 476 g/mol. The van der Waals surface area contributed by atoms with Crippen LogP contribution in [0, 0.1) is 0 Å². The second-order valence-electron chi connectivity index (χ2n) is 6.80. The lowest BCUT2D eigenvalue weighted by Crippen LogP contribution is -1.98. The van der Waals surface area contributed by atoms with Gasteiger partial charge in [-0.3, -0.25) is 4.79 Å². The lowest BCUT2D eigenvalue weighted by molar-refractivity contribution is 0.101. The zero-order chi connectivity index (χ0) is 20.7. The van der Waals surface area contributed by atoms with Crippen LogP contribution in [0.15, 0.2) is 89.2 Å². The smallest absolute Gasteiger partial charge is 0.232 e. The van der Waals surface area contributed by atoms with Crippen molar-refractivity contribution in [3.63, 3.8) is 0 Å². The molecule has 0 N–H and O–H groups in total. The summed E-state index contributed by atoms with van der Waals surface area (Å²) in [6.45, 7) is 0. The molecule has 6 heteroatoms. The number of hydrogen-bond acceptors (Lipinski definition) is 3. The zero-order valence-electron chi connectivity index (χ0n) is 15.5. The van der Waals surface area contributed by atoms with Crippen molar-refractivity contribution in [2.45, 2.75) is 0 Å². The van der Waals surface area contributed by atoms with Crippen molar-refractivity contribution in [1.29, 1.82) is 0 Å². The fraction of sp³-hybridized carbons (Fsp3) is 0. The summed E-state index contributed by atoms with van der Waals surface area (Å²) in [5, 5.41) is 5.41. The van der Waals surface area contributed by atoms with Crippen LogP contribution in [0.1, 0.15) is 15.9 Å². The molecule has 0 saturated carbocycles. The number of halogens is 2. The number of ketones is 1. The van der Waals surface area contributed by atoms with Gasteiger partial charge in [0.1, 0.15) is 11.4 Å². The number of hydrogen-bond donors (Lipinski definition) is 0. The van der Waals surface area contributed by atoms with E-state index in [1.807, 2.05) is 66.9 Å². The zero-order valence-corrected chi connectivity index (χ0v) is 17.9. The molecule has 4 aromatic rings. The molecular weight excluding hydrogens is 464 g/mol. The molecular formula is C24H14BrClN2O2. The maximum Gasteiger partial charge on any atom is 0.232 e. The summed E-state index contributed by atoms with van der Waals surface area (Å²) in [6, 6.07) is 22.7. The highest BCUT2D eigenvalue weighted by atomic mass is 79.9. The van der Waals surface area contributed by atoms with Gasteiger partial charge in [-0.1, -0.05) is 57.9 Å². The van der Waals surface area contributed by atoms with Crippen LogP contribution in [0.2, 0.25) is 5.02 Å². The van der Waals surface area contributed by atoms with Gasteiger partial charge in [0, 0.05) is 26.8 Å². The van der Waals surface area contributed by atoms with E-state index >= 15 is 0 Å². The number of nitrogens with zero attached hydrogens (tertiary/aromatic N) is 2. The van der Waals surface area contributed by atoms with Crippen molar-refractivity contribution in [3.8, 4) is 22.7 Å². The molecule has 2 heterocycles. The number of carbonyl (C=O) groups is 1. The Labute approximate surface area is 186 Å². The van der Waals surface area contributed by atoms with E-state index in [1.165, 1.54) is 0 Å². The van der Waals surface area contributed by atoms with E-state index in [0.29, 0.717) is 16.3 Å². The van der Waals surface area contributed by atoms with Gasteiger partial charge in [-0.05, 0) is 48.5 Å². The number of carbonyl (C=O) groups excluding carboxylic acids is 1. The number of benzene rings is 3.